The molecule has 0 fully saturated rings. The number of rotatable bonds is 5. The van der Waals surface area contributed by atoms with Crippen molar-refractivity contribution in [2.24, 2.45) is 4.99 Å². The highest BCUT2D eigenvalue weighted by molar-refractivity contribution is 6.29. The Morgan fingerprint density at radius 2 is 1.96 bits per heavy atom. The molecule has 2 aromatic rings. The first-order valence-corrected chi connectivity index (χ1v) is 7.61. The predicted octanol–water partition coefficient (Wildman–Crippen LogP) is 4.32. The third-order valence-corrected chi connectivity index (χ3v) is 3.36. The fourth-order valence-electron chi connectivity index (χ4n) is 2.05. The molecule has 0 aliphatic rings. The van der Waals surface area contributed by atoms with Crippen molar-refractivity contribution < 1.29 is 17.9 Å². The number of hydrogen-bond acceptors (Lipinski definition) is 4. The SMILES string of the molecule is CNN(Cc1ccnc(Cl)c1)/C(C)=N\c1ccc(OC(F)(F)F)cc1. The van der Waals surface area contributed by atoms with Crippen LogP contribution < -0.4 is 10.2 Å². The van der Waals surface area contributed by atoms with Gasteiger partial charge in [0.1, 0.15) is 16.7 Å². The maximum atomic E-state index is 12.2. The smallest absolute Gasteiger partial charge is 0.406 e. The van der Waals surface area contributed by atoms with E-state index in [1.54, 1.807) is 31.2 Å². The number of alkyl halides is 3. The lowest BCUT2D eigenvalue weighted by atomic mass is 10.2. The van der Waals surface area contributed by atoms with Crippen molar-refractivity contribution in [3.05, 3.63) is 53.3 Å². The summed E-state index contributed by atoms with van der Waals surface area (Å²) in [6.45, 7) is 2.27. The summed E-state index contributed by atoms with van der Waals surface area (Å²) in [6.07, 6.45) is -3.10. The molecule has 25 heavy (non-hydrogen) atoms. The van der Waals surface area contributed by atoms with E-state index in [0.29, 0.717) is 23.2 Å². The fourth-order valence-corrected chi connectivity index (χ4v) is 2.24. The van der Waals surface area contributed by atoms with Crippen LogP contribution >= 0.6 is 11.6 Å². The first-order chi connectivity index (χ1) is 11.8. The van der Waals surface area contributed by atoms with Crippen LogP contribution in [0, 0.1) is 0 Å². The second kappa shape index (κ2) is 8.17. The number of halogens is 4. The van der Waals surface area contributed by atoms with Crippen LogP contribution in [0.2, 0.25) is 5.15 Å². The van der Waals surface area contributed by atoms with Crippen molar-refractivity contribution in [1.29, 1.82) is 0 Å². The molecule has 2 rings (SSSR count). The van der Waals surface area contributed by atoms with Crippen LogP contribution in [-0.2, 0) is 6.54 Å². The topological polar surface area (TPSA) is 49.8 Å². The van der Waals surface area contributed by atoms with Gasteiger partial charge in [-0.25, -0.2) is 15.4 Å². The normalized spacial score (nSPS) is 12.2. The van der Waals surface area contributed by atoms with Gasteiger partial charge in [0, 0.05) is 13.2 Å². The van der Waals surface area contributed by atoms with Crippen molar-refractivity contribution in [3.8, 4) is 5.75 Å². The number of benzene rings is 1. The first-order valence-electron chi connectivity index (χ1n) is 7.23. The molecule has 0 bridgehead atoms. The number of amidine groups is 1. The lowest BCUT2D eigenvalue weighted by Gasteiger charge is -2.23. The molecule has 0 atom stereocenters. The minimum Gasteiger partial charge on any atom is -0.406 e. The van der Waals surface area contributed by atoms with Crippen LogP contribution in [0.15, 0.2) is 47.6 Å². The zero-order valence-electron chi connectivity index (χ0n) is 13.5. The minimum atomic E-state index is -4.71. The van der Waals surface area contributed by atoms with Crippen LogP contribution in [0.25, 0.3) is 0 Å². The molecule has 0 unspecified atom stereocenters. The van der Waals surface area contributed by atoms with Gasteiger partial charge in [-0.2, -0.15) is 0 Å². The molecule has 0 aliphatic carbocycles. The standard InChI is InChI=1S/C16H16ClF3N4O/c1-11(24(21-2)10-12-7-8-22-15(17)9-12)23-13-3-5-14(6-4-13)25-16(18,19)20/h3-9,21H,10H2,1-2H3/b23-11-. The highest BCUT2D eigenvalue weighted by Crippen LogP contribution is 2.25. The quantitative estimate of drug-likeness (QED) is 0.367. The van der Waals surface area contributed by atoms with E-state index in [1.807, 2.05) is 6.07 Å². The Kier molecular flexibility index (Phi) is 6.22. The summed E-state index contributed by atoms with van der Waals surface area (Å²) in [6, 6.07) is 8.89. The first kappa shape index (κ1) is 19.0. The van der Waals surface area contributed by atoms with Gasteiger partial charge in [-0.3, -0.25) is 5.01 Å². The summed E-state index contributed by atoms with van der Waals surface area (Å²) in [5.41, 5.74) is 4.43. The zero-order valence-corrected chi connectivity index (χ0v) is 14.3. The number of nitrogens with one attached hydrogen (secondary N) is 1. The van der Waals surface area contributed by atoms with Crippen molar-refractivity contribution in [2.45, 2.75) is 19.8 Å². The molecule has 5 nitrogen and oxygen atoms in total. The van der Waals surface area contributed by atoms with E-state index in [9.17, 15) is 13.2 Å². The number of aromatic nitrogens is 1. The number of hydrazine groups is 1. The van der Waals surface area contributed by atoms with E-state index in [0.717, 1.165) is 5.56 Å². The molecular weight excluding hydrogens is 357 g/mol. The van der Waals surface area contributed by atoms with Gasteiger partial charge in [0.05, 0.1) is 12.2 Å². The molecule has 0 amide bonds. The Bertz CT molecular complexity index is 735. The maximum Gasteiger partial charge on any atom is 0.573 e. The number of nitrogens with zero attached hydrogens (tertiary/aromatic N) is 3. The number of aliphatic imine (C=N–C) groups is 1. The largest absolute Gasteiger partial charge is 0.573 e. The van der Waals surface area contributed by atoms with Gasteiger partial charge in [-0.1, -0.05) is 11.6 Å². The summed E-state index contributed by atoms with van der Waals surface area (Å²) in [4.78, 5) is 8.30. The highest BCUT2D eigenvalue weighted by atomic mass is 35.5. The second-order valence-electron chi connectivity index (χ2n) is 5.00. The van der Waals surface area contributed by atoms with E-state index in [2.05, 4.69) is 20.1 Å². The van der Waals surface area contributed by atoms with E-state index < -0.39 is 6.36 Å². The molecular formula is C16H16ClF3N4O. The molecule has 0 saturated heterocycles. The molecule has 1 heterocycles. The summed E-state index contributed by atoms with van der Waals surface area (Å²) < 4.78 is 40.3. The molecule has 9 heteroatoms. The summed E-state index contributed by atoms with van der Waals surface area (Å²) in [5.74, 6) is 0.334. The summed E-state index contributed by atoms with van der Waals surface area (Å²) in [7, 11) is 1.74. The third kappa shape index (κ3) is 6.24. The van der Waals surface area contributed by atoms with E-state index in [-0.39, 0.29) is 5.75 Å². The highest BCUT2D eigenvalue weighted by Gasteiger charge is 2.30. The van der Waals surface area contributed by atoms with E-state index in [4.69, 9.17) is 11.6 Å². The van der Waals surface area contributed by atoms with E-state index in [1.165, 1.54) is 24.3 Å². The third-order valence-electron chi connectivity index (χ3n) is 3.15. The van der Waals surface area contributed by atoms with Crippen molar-refractivity contribution in [2.75, 3.05) is 7.05 Å². The summed E-state index contributed by atoms with van der Waals surface area (Å²) >= 11 is 5.87. The Morgan fingerprint density at radius 3 is 2.52 bits per heavy atom. The van der Waals surface area contributed by atoms with Gasteiger partial charge in [0.2, 0.25) is 0 Å². The van der Waals surface area contributed by atoms with Crippen LogP contribution in [0.3, 0.4) is 0 Å². The lowest BCUT2D eigenvalue weighted by Crippen LogP contribution is -2.38. The molecule has 0 aliphatic heterocycles. The average molecular weight is 373 g/mol. The number of pyridine rings is 1. The van der Waals surface area contributed by atoms with E-state index >= 15 is 0 Å². The molecule has 1 N–H and O–H groups in total. The van der Waals surface area contributed by atoms with Crippen molar-refractivity contribution >= 4 is 23.1 Å². The molecule has 0 radical (unpaired) electrons. The van der Waals surface area contributed by atoms with Gasteiger partial charge >= 0.3 is 6.36 Å². The monoisotopic (exact) mass is 372 g/mol. The Balaban J connectivity index is 2.09. The predicted molar refractivity (Wildman–Crippen MR) is 89.7 cm³/mol. The fraction of sp³-hybridized carbons (Fsp3) is 0.250. The van der Waals surface area contributed by atoms with Gasteiger partial charge in [0.25, 0.3) is 0 Å². The van der Waals surface area contributed by atoms with Crippen molar-refractivity contribution in [3.63, 3.8) is 0 Å². The Hall–Kier alpha value is -2.32. The maximum absolute atomic E-state index is 12.2. The van der Waals surface area contributed by atoms with Gasteiger partial charge in [0.15, 0.2) is 0 Å². The van der Waals surface area contributed by atoms with Gasteiger partial charge < -0.3 is 4.74 Å². The van der Waals surface area contributed by atoms with Crippen LogP contribution in [0.5, 0.6) is 5.75 Å². The second-order valence-corrected chi connectivity index (χ2v) is 5.38. The lowest BCUT2D eigenvalue weighted by molar-refractivity contribution is -0.274. The van der Waals surface area contributed by atoms with Gasteiger partial charge in [-0.15, -0.1) is 13.2 Å². The average Bonchev–Trinajstić information content (AvgIpc) is 2.53. The minimum absolute atomic E-state index is 0.291. The Morgan fingerprint density at radius 1 is 1.28 bits per heavy atom. The number of hydrogen-bond donors (Lipinski definition) is 1. The van der Waals surface area contributed by atoms with Gasteiger partial charge in [-0.05, 0) is 48.9 Å². The van der Waals surface area contributed by atoms with Crippen LogP contribution in [0.1, 0.15) is 12.5 Å². The van der Waals surface area contributed by atoms with Crippen molar-refractivity contribution in [1.82, 2.24) is 15.4 Å². The van der Waals surface area contributed by atoms with Crippen LogP contribution in [-0.4, -0.2) is 29.2 Å². The molecule has 1 aromatic carbocycles. The van der Waals surface area contributed by atoms with Crippen LogP contribution in [0.4, 0.5) is 18.9 Å². The zero-order chi connectivity index (χ0) is 18.4. The molecule has 134 valence electrons. The molecule has 1 aromatic heterocycles. The summed E-state index contributed by atoms with van der Waals surface area (Å²) in [5, 5.41) is 2.16. The Labute approximate surface area is 148 Å². The molecule has 0 saturated carbocycles. The molecule has 0 spiro atoms. The number of ether oxygens (including phenoxy) is 1.